The molecule has 1 aromatic heterocycles. The van der Waals surface area contributed by atoms with Gasteiger partial charge in [-0.1, -0.05) is 19.8 Å². The third-order valence-electron chi connectivity index (χ3n) is 3.93. The summed E-state index contributed by atoms with van der Waals surface area (Å²) in [6, 6.07) is 1.68. The van der Waals surface area contributed by atoms with Gasteiger partial charge in [-0.15, -0.1) is 11.3 Å². The highest BCUT2D eigenvalue weighted by molar-refractivity contribution is 7.89. The van der Waals surface area contributed by atoms with Crippen molar-refractivity contribution in [1.82, 2.24) is 4.31 Å². The first kappa shape index (κ1) is 15.0. The molecule has 1 aliphatic rings. The summed E-state index contributed by atoms with van der Waals surface area (Å²) in [6.07, 6.45) is 4.12. The summed E-state index contributed by atoms with van der Waals surface area (Å²) in [5, 5.41) is 11.0. The van der Waals surface area contributed by atoms with Crippen molar-refractivity contribution in [2.24, 2.45) is 5.92 Å². The van der Waals surface area contributed by atoms with Crippen LogP contribution in [-0.2, 0) is 16.6 Å². The molecule has 2 unspecified atom stereocenters. The molecule has 1 aliphatic carbocycles. The van der Waals surface area contributed by atoms with E-state index < -0.39 is 10.0 Å². The smallest absolute Gasteiger partial charge is 0.244 e. The summed E-state index contributed by atoms with van der Waals surface area (Å²) in [7, 11) is -1.81. The van der Waals surface area contributed by atoms with Gasteiger partial charge in [0.1, 0.15) is 0 Å². The minimum Gasteiger partial charge on any atom is -0.391 e. The minimum atomic E-state index is -3.48. The van der Waals surface area contributed by atoms with Gasteiger partial charge >= 0.3 is 0 Å². The second-order valence-electron chi connectivity index (χ2n) is 5.31. The SMILES string of the molecule is CC1CCCC(N(C)S(=O)(=O)c2ccsc2CO)C1. The number of aliphatic hydroxyl groups excluding tert-OH is 1. The highest BCUT2D eigenvalue weighted by Gasteiger charge is 2.32. The summed E-state index contributed by atoms with van der Waals surface area (Å²) in [6.45, 7) is 1.96. The summed E-state index contributed by atoms with van der Waals surface area (Å²) in [5.41, 5.74) is 0. The van der Waals surface area contributed by atoms with Crippen molar-refractivity contribution in [3.8, 4) is 0 Å². The summed E-state index contributed by atoms with van der Waals surface area (Å²) >= 11 is 1.29. The van der Waals surface area contributed by atoms with Crippen molar-refractivity contribution in [3.05, 3.63) is 16.3 Å². The third-order valence-corrected chi connectivity index (χ3v) is 6.96. The Hall–Kier alpha value is -0.430. The number of rotatable bonds is 4. The molecule has 0 aromatic carbocycles. The van der Waals surface area contributed by atoms with E-state index in [9.17, 15) is 13.5 Å². The second-order valence-corrected chi connectivity index (χ2v) is 8.28. The Bertz CT molecular complexity index is 524. The fraction of sp³-hybridized carbons (Fsp3) is 0.692. The van der Waals surface area contributed by atoms with Crippen molar-refractivity contribution in [2.75, 3.05) is 7.05 Å². The molecule has 6 heteroatoms. The monoisotopic (exact) mass is 303 g/mol. The van der Waals surface area contributed by atoms with Crippen molar-refractivity contribution in [1.29, 1.82) is 0 Å². The fourth-order valence-corrected chi connectivity index (χ4v) is 5.42. The second kappa shape index (κ2) is 5.91. The zero-order valence-electron chi connectivity index (χ0n) is 11.4. The maximum absolute atomic E-state index is 12.6. The topological polar surface area (TPSA) is 57.6 Å². The van der Waals surface area contributed by atoms with Gasteiger partial charge in [0.2, 0.25) is 10.0 Å². The van der Waals surface area contributed by atoms with Gasteiger partial charge in [-0.3, -0.25) is 0 Å². The number of aliphatic hydroxyl groups is 1. The van der Waals surface area contributed by atoms with E-state index in [2.05, 4.69) is 6.92 Å². The Morgan fingerprint density at radius 2 is 2.21 bits per heavy atom. The van der Waals surface area contributed by atoms with Gasteiger partial charge < -0.3 is 5.11 Å². The van der Waals surface area contributed by atoms with E-state index in [0.29, 0.717) is 10.8 Å². The van der Waals surface area contributed by atoms with Gasteiger partial charge in [0.15, 0.2) is 0 Å². The molecule has 0 spiro atoms. The van der Waals surface area contributed by atoms with Crippen molar-refractivity contribution >= 4 is 21.4 Å². The van der Waals surface area contributed by atoms with Gasteiger partial charge in [0.05, 0.1) is 11.5 Å². The molecule has 4 nitrogen and oxygen atoms in total. The van der Waals surface area contributed by atoms with Crippen LogP contribution in [0.15, 0.2) is 16.3 Å². The van der Waals surface area contributed by atoms with Crippen molar-refractivity contribution in [3.63, 3.8) is 0 Å². The Balaban J connectivity index is 2.24. The molecule has 1 heterocycles. The van der Waals surface area contributed by atoms with Crippen LogP contribution in [0.3, 0.4) is 0 Å². The van der Waals surface area contributed by atoms with Gasteiger partial charge in [0.25, 0.3) is 0 Å². The standard InChI is InChI=1S/C13H21NO3S2/c1-10-4-3-5-11(8-10)14(2)19(16,17)13-6-7-18-12(13)9-15/h6-7,10-11,15H,3-5,8-9H2,1-2H3. The minimum absolute atomic E-state index is 0.0835. The lowest BCUT2D eigenvalue weighted by Crippen LogP contribution is -2.39. The van der Waals surface area contributed by atoms with Gasteiger partial charge in [0, 0.05) is 18.0 Å². The molecule has 0 saturated heterocycles. The van der Waals surface area contributed by atoms with E-state index in [4.69, 9.17) is 0 Å². The van der Waals surface area contributed by atoms with E-state index in [1.165, 1.54) is 22.1 Å². The first-order chi connectivity index (χ1) is 8.96. The van der Waals surface area contributed by atoms with Crippen LogP contribution in [-0.4, -0.2) is 30.9 Å². The van der Waals surface area contributed by atoms with Gasteiger partial charge in [-0.25, -0.2) is 8.42 Å². The molecular weight excluding hydrogens is 282 g/mol. The summed E-state index contributed by atoms with van der Waals surface area (Å²) < 4.78 is 26.7. The molecule has 2 atom stereocenters. The molecule has 1 fully saturated rings. The molecular formula is C13H21NO3S2. The number of nitrogens with zero attached hydrogens (tertiary/aromatic N) is 1. The highest BCUT2D eigenvalue weighted by atomic mass is 32.2. The van der Waals surface area contributed by atoms with E-state index in [1.807, 2.05) is 0 Å². The number of thiophene rings is 1. The number of sulfonamides is 1. The number of hydrogen-bond donors (Lipinski definition) is 1. The van der Waals surface area contributed by atoms with Crippen LogP contribution >= 0.6 is 11.3 Å². The lowest BCUT2D eigenvalue weighted by Gasteiger charge is -2.33. The van der Waals surface area contributed by atoms with Crippen LogP contribution in [0.2, 0.25) is 0 Å². The van der Waals surface area contributed by atoms with E-state index >= 15 is 0 Å². The Kier molecular flexibility index (Phi) is 4.66. The van der Waals surface area contributed by atoms with Gasteiger partial charge in [-0.2, -0.15) is 4.31 Å². The molecule has 0 aliphatic heterocycles. The van der Waals surface area contributed by atoms with Crippen LogP contribution in [0.4, 0.5) is 0 Å². The zero-order chi connectivity index (χ0) is 14.0. The van der Waals surface area contributed by atoms with Gasteiger partial charge in [-0.05, 0) is 30.2 Å². The van der Waals surface area contributed by atoms with Crippen LogP contribution in [0.5, 0.6) is 0 Å². The fourth-order valence-electron chi connectivity index (χ4n) is 2.76. The highest BCUT2D eigenvalue weighted by Crippen LogP contribution is 2.31. The molecule has 1 saturated carbocycles. The Labute approximate surface area is 119 Å². The van der Waals surface area contributed by atoms with Crippen LogP contribution in [0.25, 0.3) is 0 Å². The molecule has 19 heavy (non-hydrogen) atoms. The molecule has 0 amide bonds. The first-order valence-corrected chi connectivity index (χ1v) is 8.94. The Morgan fingerprint density at radius 1 is 1.47 bits per heavy atom. The van der Waals surface area contributed by atoms with E-state index in [0.717, 1.165) is 19.3 Å². The molecule has 1 N–H and O–H groups in total. The lowest BCUT2D eigenvalue weighted by molar-refractivity contribution is 0.238. The summed E-state index contributed by atoms with van der Waals surface area (Å²) in [5.74, 6) is 0.580. The van der Waals surface area contributed by atoms with E-state index in [-0.39, 0.29) is 17.5 Å². The molecule has 108 valence electrons. The van der Waals surface area contributed by atoms with E-state index in [1.54, 1.807) is 18.5 Å². The predicted molar refractivity (Wildman–Crippen MR) is 76.6 cm³/mol. The Morgan fingerprint density at radius 3 is 2.84 bits per heavy atom. The van der Waals surface area contributed by atoms with Crippen molar-refractivity contribution in [2.45, 2.75) is 50.2 Å². The average Bonchev–Trinajstić information content (AvgIpc) is 2.86. The molecule has 0 bridgehead atoms. The zero-order valence-corrected chi connectivity index (χ0v) is 13.0. The largest absolute Gasteiger partial charge is 0.391 e. The normalized spacial score (nSPS) is 24.8. The predicted octanol–water partition coefficient (Wildman–Crippen LogP) is 2.44. The van der Waals surface area contributed by atoms with Crippen LogP contribution < -0.4 is 0 Å². The van der Waals surface area contributed by atoms with Crippen LogP contribution in [0.1, 0.15) is 37.5 Å². The first-order valence-electron chi connectivity index (χ1n) is 6.62. The summed E-state index contributed by atoms with van der Waals surface area (Å²) in [4.78, 5) is 0.788. The number of hydrogen-bond acceptors (Lipinski definition) is 4. The molecule has 0 radical (unpaired) electrons. The maximum atomic E-state index is 12.6. The average molecular weight is 303 g/mol. The molecule has 1 aromatic rings. The quantitative estimate of drug-likeness (QED) is 0.929. The maximum Gasteiger partial charge on any atom is 0.244 e. The third kappa shape index (κ3) is 3.02. The lowest BCUT2D eigenvalue weighted by atomic mass is 9.87. The molecule has 2 rings (SSSR count). The van der Waals surface area contributed by atoms with Crippen LogP contribution in [0, 0.1) is 5.92 Å². The van der Waals surface area contributed by atoms with Crippen molar-refractivity contribution < 1.29 is 13.5 Å².